The van der Waals surface area contributed by atoms with Gasteiger partial charge >= 0.3 is 0 Å². The highest BCUT2D eigenvalue weighted by Crippen LogP contribution is 2.23. The summed E-state index contributed by atoms with van der Waals surface area (Å²) in [5.74, 6) is 0.951. The summed E-state index contributed by atoms with van der Waals surface area (Å²) in [5, 5.41) is 26.1. The van der Waals surface area contributed by atoms with E-state index in [-0.39, 0.29) is 18.6 Å². The summed E-state index contributed by atoms with van der Waals surface area (Å²) < 4.78 is 0. The molecule has 1 saturated carbocycles. The average molecular weight is 315 g/mol. The molecule has 0 spiro atoms. The molecule has 3 N–H and O–H groups in total. The molecule has 1 amide bonds. The van der Waals surface area contributed by atoms with Gasteiger partial charge in [0.1, 0.15) is 0 Å². The fourth-order valence-electron chi connectivity index (χ4n) is 3.06. The molecule has 0 saturated heterocycles. The van der Waals surface area contributed by atoms with Crippen molar-refractivity contribution in [3.05, 3.63) is 29.8 Å². The van der Waals surface area contributed by atoms with E-state index in [0.717, 1.165) is 36.8 Å². The summed E-state index contributed by atoms with van der Waals surface area (Å²) in [7, 11) is 0. The Labute approximate surface area is 134 Å². The van der Waals surface area contributed by atoms with Crippen molar-refractivity contribution in [2.45, 2.75) is 38.1 Å². The van der Waals surface area contributed by atoms with Crippen LogP contribution in [0.2, 0.25) is 0 Å². The number of aliphatic hydroxyl groups excluding tert-OH is 1. The molecule has 3 rings (SSSR count). The number of aromatic amines is 1. The van der Waals surface area contributed by atoms with Crippen LogP contribution in [0.5, 0.6) is 0 Å². The molecule has 7 nitrogen and oxygen atoms in total. The number of hydrogen-bond acceptors (Lipinski definition) is 5. The maximum atomic E-state index is 12.2. The highest BCUT2D eigenvalue weighted by Gasteiger charge is 2.21. The number of carbonyl (C=O) groups excluding carboxylic acids is 1. The van der Waals surface area contributed by atoms with Crippen LogP contribution in [-0.2, 0) is 11.2 Å². The van der Waals surface area contributed by atoms with E-state index in [4.69, 9.17) is 5.11 Å². The van der Waals surface area contributed by atoms with Gasteiger partial charge in [0.2, 0.25) is 11.7 Å². The number of nitrogens with zero attached hydrogens (tertiary/aromatic N) is 3. The minimum absolute atomic E-state index is 0.0303. The first-order valence-corrected chi connectivity index (χ1v) is 7.97. The number of nitrogens with one attached hydrogen (secondary N) is 2. The Morgan fingerprint density at radius 1 is 1.30 bits per heavy atom. The van der Waals surface area contributed by atoms with Crippen molar-refractivity contribution in [2.24, 2.45) is 5.92 Å². The van der Waals surface area contributed by atoms with Crippen LogP contribution >= 0.6 is 0 Å². The normalized spacial score (nSPS) is 21.1. The summed E-state index contributed by atoms with van der Waals surface area (Å²) in [4.78, 5) is 12.2. The van der Waals surface area contributed by atoms with E-state index < -0.39 is 0 Å². The van der Waals surface area contributed by atoms with Crippen molar-refractivity contribution in [2.75, 3.05) is 6.61 Å². The molecular formula is C16H21N5O2. The van der Waals surface area contributed by atoms with Crippen molar-refractivity contribution in [1.82, 2.24) is 25.9 Å². The smallest absolute Gasteiger partial charge is 0.224 e. The van der Waals surface area contributed by atoms with Gasteiger partial charge in [0.05, 0.1) is 6.42 Å². The number of rotatable bonds is 5. The second-order valence-electron chi connectivity index (χ2n) is 6.08. The Morgan fingerprint density at radius 2 is 2.13 bits per heavy atom. The third-order valence-electron chi connectivity index (χ3n) is 4.37. The zero-order chi connectivity index (χ0) is 16.1. The van der Waals surface area contributed by atoms with Gasteiger partial charge in [-0.2, -0.15) is 5.21 Å². The van der Waals surface area contributed by atoms with Crippen molar-refractivity contribution in [3.63, 3.8) is 0 Å². The SMILES string of the molecule is O=C(Cc1cccc(-c2nn[nH]n2)c1)NC1CCC(CO)CC1. The predicted octanol–water partition coefficient (Wildman–Crippen LogP) is 1.08. The van der Waals surface area contributed by atoms with Gasteiger partial charge in [-0.3, -0.25) is 4.79 Å². The third-order valence-corrected chi connectivity index (χ3v) is 4.37. The first kappa shape index (κ1) is 15.6. The zero-order valence-electron chi connectivity index (χ0n) is 12.9. The van der Waals surface area contributed by atoms with E-state index in [1.807, 2.05) is 24.3 Å². The van der Waals surface area contributed by atoms with Gasteiger partial charge in [0.25, 0.3) is 0 Å². The van der Waals surface area contributed by atoms with Gasteiger partial charge in [-0.25, -0.2) is 0 Å². The lowest BCUT2D eigenvalue weighted by atomic mass is 9.86. The highest BCUT2D eigenvalue weighted by atomic mass is 16.3. The Hall–Kier alpha value is -2.28. The number of carbonyl (C=O) groups is 1. The van der Waals surface area contributed by atoms with E-state index in [1.165, 1.54) is 0 Å². The van der Waals surface area contributed by atoms with E-state index in [2.05, 4.69) is 25.9 Å². The summed E-state index contributed by atoms with van der Waals surface area (Å²) >= 11 is 0. The van der Waals surface area contributed by atoms with E-state index in [1.54, 1.807) is 0 Å². The van der Waals surface area contributed by atoms with Gasteiger partial charge < -0.3 is 10.4 Å². The van der Waals surface area contributed by atoms with Crippen LogP contribution in [0.3, 0.4) is 0 Å². The lowest BCUT2D eigenvalue weighted by Gasteiger charge is -2.28. The molecule has 1 aromatic heterocycles. The van der Waals surface area contributed by atoms with Gasteiger partial charge in [-0.15, -0.1) is 10.2 Å². The number of tetrazole rings is 1. The van der Waals surface area contributed by atoms with Gasteiger partial charge in [-0.05, 0) is 48.4 Å². The van der Waals surface area contributed by atoms with Crippen molar-refractivity contribution >= 4 is 5.91 Å². The van der Waals surface area contributed by atoms with E-state index in [0.29, 0.717) is 18.2 Å². The molecule has 1 aliphatic carbocycles. The molecule has 0 radical (unpaired) electrons. The largest absolute Gasteiger partial charge is 0.396 e. The minimum atomic E-state index is 0.0303. The molecule has 0 unspecified atom stereocenters. The molecule has 0 atom stereocenters. The van der Waals surface area contributed by atoms with Crippen molar-refractivity contribution in [1.29, 1.82) is 0 Å². The van der Waals surface area contributed by atoms with Crippen LogP contribution in [0.1, 0.15) is 31.2 Å². The quantitative estimate of drug-likeness (QED) is 0.766. The fourth-order valence-corrected chi connectivity index (χ4v) is 3.06. The van der Waals surface area contributed by atoms with Crippen LogP contribution in [0.4, 0.5) is 0 Å². The summed E-state index contributed by atoms with van der Waals surface area (Å²) in [6.45, 7) is 0.254. The highest BCUT2D eigenvalue weighted by molar-refractivity contribution is 5.79. The summed E-state index contributed by atoms with van der Waals surface area (Å²) in [6.07, 6.45) is 4.19. The molecular weight excluding hydrogens is 294 g/mol. The molecule has 122 valence electrons. The second-order valence-corrected chi connectivity index (χ2v) is 6.08. The fraction of sp³-hybridized carbons (Fsp3) is 0.500. The first-order chi connectivity index (χ1) is 11.2. The topological polar surface area (TPSA) is 104 Å². The molecule has 2 aromatic rings. The third kappa shape index (κ3) is 4.13. The van der Waals surface area contributed by atoms with Crippen molar-refractivity contribution in [3.8, 4) is 11.4 Å². The molecule has 1 aromatic carbocycles. The predicted molar refractivity (Wildman–Crippen MR) is 84.3 cm³/mol. The average Bonchev–Trinajstić information content (AvgIpc) is 3.10. The lowest BCUT2D eigenvalue weighted by Crippen LogP contribution is -2.38. The standard InChI is InChI=1S/C16H21N5O2/c22-10-11-4-6-14(7-5-11)17-15(23)9-12-2-1-3-13(8-12)16-18-20-21-19-16/h1-3,8,11,14,22H,4-7,9-10H2,(H,17,23)(H,18,19,20,21). The van der Waals surface area contributed by atoms with E-state index in [9.17, 15) is 4.79 Å². The summed E-state index contributed by atoms with van der Waals surface area (Å²) in [5.41, 5.74) is 1.77. The van der Waals surface area contributed by atoms with Crippen LogP contribution in [0.15, 0.2) is 24.3 Å². The Bertz CT molecular complexity index is 636. The van der Waals surface area contributed by atoms with Crippen molar-refractivity contribution < 1.29 is 9.90 Å². The number of hydrogen-bond donors (Lipinski definition) is 3. The number of aliphatic hydroxyl groups is 1. The maximum Gasteiger partial charge on any atom is 0.224 e. The van der Waals surface area contributed by atoms with Gasteiger partial charge in [0.15, 0.2) is 0 Å². The molecule has 7 heteroatoms. The molecule has 0 aliphatic heterocycles. The van der Waals surface area contributed by atoms with Crippen LogP contribution in [0, 0.1) is 5.92 Å². The summed E-state index contributed by atoms with van der Waals surface area (Å²) in [6, 6.07) is 7.84. The number of aromatic nitrogens is 4. The molecule has 0 bridgehead atoms. The maximum absolute atomic E-state index is 12.2. The monoisotopic (exact) mass is 315 g/mol. The zero-order valence-corrected chi connectivity index (χ0v) is 12.9. The Morgan fingerprint density at radius 3 is 2.83 bits per heavy atom. The first-order valence-electron chi connectivity index (χ1n) is 7.97. The Kier molecular flexibility index (Phi) is 4.97. The van der Waals surface area contributed by atoms with Crippen LogP contribution in [-0.4, -0.2) is 44.3 Å². The minimum Gasteiger partial charge on any atom is -0.396 e. The van der Waals surface area contributed by atoms with E-state index >= 15 is 0 Å². The van der Waals surface area contributed by atoms with Gasteiger partial charge in [-0.1, -0.05) is 18.2 Å². The molecule has 1 aliphatic rings. The van der Waals surface area contributed by atoms with Crippen LogP contribution in [0.25, 0.3) is 11.4 Å². The lowest BCUT2D eigenvalue weighted by molar-refractivity contribution is -0.121. The Balaban J connectivity index is 1.55. The molecule has 1 fully saturated rings. The number of amides is 1. The number of benzene rings is 1. The van der Waals surface area contributed by atoms with Crippen LogP contribution < -0.4 is 5.32 Å². The molecule has 1 heterocycles. The van der Waals surface area contributed by atoms with Gasteiger partial charge in [0, 0.05) is 18.2 Å². The molecule has 23 heavy (non-hydrogen) atoms. The number of H-pyrrole nitrogens is 1. The second kappa shape index (κ2) is 7.32.